The minimum absolute atomic E-state index is 0.132. The number of carbonyl (C=O) groups excluding carboxylic acids is 1. The largest absolute Gasteiger partial charge is 0.380 e. The van der Waals surface area contributed by atoms with Gasteiger partial charge in [0, 0.05) is 12.6 Å². The van der Waals surface area contributed by atoms with E-state index >= 15 is 0 Å². The van der Waals surface area contributed by atoms with Crippen LogP contribution in [0.25, 0.3) is 11.1 Å². The van der Waals surface area contributed by atoms with Crippen molar-refractivity contribution in [3.8, 4) is 16.9 Å². The molecule has 0 spiro atoms. The number of nitrogens with one attached hydrogen (secondary N) is 1. The second-order valence-corrected chi connectivity index (χ2v) is 5.51. The molecule has 0 saturated heterocycles. The molecule has 3 N–H and O–H groups in total. The molecule has 0 bridgehead atoms. The van der Waals surface area contributed by atoms with E-state index in [1.54, 1.807) is 24.3 Å². The van der Waals surface area contributed by atoms with Crippen LogP contribution in [0, 0.1) is 0 Å². The van der Waals surface area contributed by atoms with Gasteiger partial charge in [0.15, 0.2) is 0 Å². The van der Waals surface area contributed by atoms with E-state index in [9.17, 15) is 13.2 Å². The van der Waals surface area contributed by atoms with Crippen molar-refractivity contribution in [2.24, 2.45) is 5.14 Å². The first-order chi connectivity index (χ1) is 9.83. The SMILES string of the molecule is CC(=O)Nc1ccc(-c2ccc(OS(N)(=O)=O)cc2)cc1. The number of amides is 1. The third-order valence-corrected chi connectivity index (χ3v) is 3.03. The van der Waals surface area contributed by atoms with Gasteiger partial charge in [-0.2, -0.15) is 13.6 Å². The third kappa shape index (κ3) is 4.59. The molecule has 0 unspecified atom stereocenters. The molecule has 21 heavy (non-hydrogen) atoms. The van der Waals surface area contributed by atoms with E-state index in [0.717, 1.165) is 11.1 Å². The smallest absolute Gasteiger partial charge is 0.371 e. The van der Waals surface area contributed by atoms with Crippen molar-refractivity contribution in [2.75, 3.05) is 5.32 Å². The summed E-state index contributed by atoms with van der Waals surface area (Å²) in [6.45, 7) is 1.44. The third-order valence-electron chi connectivity index (χ3n) is 2.61. The van der Waals surface area contributed by atoms with E-state index in [-0.39, 0.29) is 11.7 Å². The molecule has 0 atom stereocenters. The van der Waals surface area contributed by atoms with Crippen LogP contribution < -0.4 is 14.6 Å². The highest BCUT2D eigenvalue weighted by atomic mass is 32.2. The molecule has 0 aliphatic carbocycles. The van der Waals surface area contributed by atoms with E-state index in [0.29, 0.717) is 5.69 Å². The lowest BCUT2D eigenvalue weighted by molar-refractivity contribution is -0.114. The predicted octanol–water partition coefficient (Wildman–Crippen LogP) is 1.89. The van der Waals surface area contributed by atoms with Crippen LogP contribution in [0.4, 0.5) is 5.69 Å². The molecule has 0 radical (unpaired) electrons. The van der Waals surface area contributed by atoms with Crippen molar-refractivity contribution in [3.63, 3.8) is 0 Å². The van der Waals surface area contributed by atoms with Gasteiger partial charge in [-0.15, -0.1) is 0 Å². The van der Waals surface area contributed by atoms with Crippen LogP contribution in [0.15, 0.2) is 48.5 Å². The van der Waals surface area contributed by atoms with Crippen LogP contribution in [0.3, 0.4) is 0 Å². The van der Waals surface area contributed by atoms with Crippen molar-refractivity contribution in [3.05, 3.63) is 48.5 Å². The average Bonchev–Trinajstić information content (AvgIpc) is 2.38. The van der Waals surface area contributed by atoms with Crippen molar-refractivity contribution < 1.29 is 17.4 Å². The van der Waals surface area contributed by atoms with Crippen molar-refractivity contribution >= 4 is 21.9 Å². The number of hydrogen-bond acceptors (Lipinski definition) is 4. The Morgan fingerprint density at radius 2 is 1.48 bits per heavy atom. The van der Waals surface area contributed by atoms with E-state index in [1.165, 1.54) is 19.1 Å². The Kier molecular flexibility index (Phi) is 4.25. The number of hydrogen-bond donors (Lipinski definition) is 2. The molecule has 1 amide bonds. The van der Waals surface area contributed by atoms with Crippen LogP contribution in [-0.2, 0) is 15.1 Å². The first-order valence-electron chi connectivity index (χ1n) is 6.04. The van der Waals surface area contributed by atoms with Gasteiger partial charge in [-0.25, -0.2) is 0 Å². The Balaban J connectivity index is 2.17. The summed E-state index contributed by atoms with van der Waals surface area (Å²) in [5, 5.41) is 7.47. The highest BCUT2D eigenvalue weighted by Gasteiger charge is 2.05. The number of benzene rings is 2. The Morgan fingerprint density at radius 3 is 1.90 bits per heavy atom. The Morgan fingerprint density at radius 1 is 1.00 bits per heavy atom. The second kappa shape index (κ2) is 5.94. The van der Waals surface area contributed by atoms with Crippen LogP contribution >= 0.6 is 0 Å². The monoisotopic (exact) mass is 306 g/mol. The van der Waals surface area contributed by atoms with Gasteiger partial charge in [-0.1, -0.05) is 24.3 Å². The summed E-state index contributed by atoms with van der Waals surface area (Å²) in [4.78, 5) is 10.9. The first-order valence-corrected chi connectivity index (χ1v) is 7.51. The fraction of sp³-hybridized carbons (Fsp3) is 0.0714. The Labute approximate surface area is 122 Å². The molecule has 2 aromatic rings. The molecule has 0 fully saturated rings. The zero-order chi connectivity index (χ0) is 15.5. The Hall–Kier alpha value is -2.38. The topological polar surface area (TPSA) is 98.5 Å². The van der Waals surface area contributed by atoms with Gasteiger partial charge in [-0.05, 0) is 35.4 Å². The molecule has 7 heteroatoms. The maximum absolute atomic E-state index is 10.9. The molecule has 110 valence electrons. The number of nitrogens with two attached hydrogens (primary N) is 1. The van der Waals surface area contributed by atoms with Gasteiger partial charge >= 0.3 is 10.3 Å². The molecular weight excluding hydrogens is 292 g/mol. The van der Waals surface area contributed by atoms with E-state index in [1.807, 2.05) is 12.1 Å². The summed E-state index contributed by atoms with van der Waals surface area (Å²) >= 11 is 0. The van der Waals surface area contributed by atoms with E-state index in [4.69, 9.17) is 5.14 Å². The predicted molar refractivity (Wildman–Crippen MR) is 79.9 cm³/mol. The summed E-state index contributed by atoms with van der Waals surface area (Å²) in [7, 11) is -4.01. The van der Waals surface area contributed by atoms with Crippen LogP contribution in [-0.4, -0.2) is 14.3 Å². The Bertz CT molecular complexity index is 738. The summed E-state index contributed by atoms with van der Waals surface area (Å²) < 4.78 is 26.2. The zero-order valence-electron chi connectivity index (χ0n) is 11.2. The quantitative estimate of drug-likeness (QED) is 0.901. The summed E-state index contributed by atoms with van der Waals surface area (Å²) in [5.41, 5.74) is 2.51. The second-order valence-electron chi connectivity index (χ2n) is 4.36. The van der Waals surface area contributed by atoms with Crippen LogP contribution in [0.1, 0.15) is 6.92 Å². The zero-order valence-corrected chi connectivity index (χ0v) is 12.1. The van der Waals surface area contributed by atoms with Gasteiger partial charge in [0.2, 0.25) is 5.91 Å². The fourth-order valence-electron chi connectivity index (χ4n) is 1.79. The lowest BCUT2D eigenvalue weighted by atomic mass is 10.1. The minimum atomic E-state index is -4.01. The lowest BCUT2D eigenvalue weighted by Gasteiger charge is -2.06. The van der Waals surface area contributed by atoms with Crippen molar-refractivity contribution in [2.45, 2.75) is 6.92 Å². The molecule has 2 aromatic carbocycles. The lowest BCUT2D eigenvalue weighted by Crippen LogP contribution is -2.18. The molecule has 2 rings (SSSR count). The fourth-order valence-corrected chi connectivity index (χ4v) is 2.17. The summed E-state index contributed by atoms with van der Waals surface area (Å²) in [5.74, 6) is 0.0170. The molecule has 6 nitrogen and oxygen atoms in total. The number of rotatable bonds is 4. The normalized spacial score (nSPS) is 11.0. The van der Waals surface area contributed by atoms with Crippen molar-refractivity contribution in [1.82, 2.24) is 0 Å². The first kappa shape index (κ1) is 15.0. The maximum Gasteiger partial charge on any atom is 0.380 e. The maximum atomic E-state index is 10.9. The van der Waals surface area contributed by atoms with Crippen LogP contribution in [0.5, 0.6) is 5.75 Å². The number of carbonyl (C=O) groups is 1. The van der Waals surface area contributed by atoms with Gasteiger partial charge < -0.3 is 9.50 Å². The molecule has 0 saturated carbocycles. The molecular formula is C14H14N2O4S. The highest BCUT2D eigenvalue weighted by Crippen LogP contribution is 2.24. The average molecular weight is 306 g/mol. The number of anilines is 1. The summed E-state index contributed by atoms with van der Waals surface area (Å²) in [6, 6.07) is 13.7. The van der Waals surface area contributed by atoms with Gasteiger partial charge in [0.25, 0.3) is 0 Å². The van der Waals surface area contributed by atoms with E-state index < -0.39 is 10.3 Å². The molecule has 0 aliphatic heterocycles. The van der Waals surface area contributed by atoms with Gasteiger partial charge in [0.05, 0.1) is 0 Å². The van der Waals surface area contributed by atoms with Gasteiger partial charge in [0.1, 0.15) is 5.75 Å². The molecule has 0 heterocycles. The van der Waals surface area contributed by atoms with Crippen LogP contribution in [0.2, 0.25) is 0 Å². The standard InChI is InChI=1S/C14H14N2O4S/c1-10(17)16-13-6-2-11(3-7-13)12-4-8-14(9-5-12)20-21(15,18)19/h2-9H,1H3,(H,16,17)(H2,15,18,19). The summed E-state index contributed by atoms with van der Waals surface area (Å²) in [6.07, 6.45) is 0. The highest BCUT2D eigenvalue weighted by molar-refractivity contribution is 7.84. The van der Waals surface area contributed by atoms with Crippen molar-refractivity contribution in [1.29, 1.82) is 0 Å². The molecule has 0 aromatic heterocycles. The minimum Gasteiger partial charge on any atom is -0.371 e. The molecule has 0 aliphatic rings. The van der Waals surface area contributed by atoms with E-state index in [2.05, 4.69) is 9.50 Å². The van der Waals surface area contributed by atoms with Gasteiger partial charge in [-0.3, -0.25) is 4.79 Å².